The number of rotatable bonds is 2. The summed E-state index contributed by atoms with van der Waals surface area (Å²) < 4.78 is 0. The Morgan fingerprint density at radius 1 is 1.21 bits per heavy atom. The van der Waals surface area contributed by atoms with Crippen LogP contribution in [0.3, 0.4) is 0 Å². The van der Waals surface area contributed by atoms with Gasteiger partial charge < -0.3 is 0 Å². The van der Waals surface area contributed by atoms with Crippen molar-refractivity contribution in [3.8, 4) is 11.3 Å². The fourth-order valence-corrected chi connectivity index (χ4v) is 2.12. The first-order valence-corrected chi connectivity index (χ1v) is 6.08. The first-order chi connectivity index (χ1) is 9.13. The minimum atomic E-state index is -0.188. The van der Waals surface area contributed by atoms with E-state index in [1.165, 1.54) is 10.5 Å². The van der Waals surface area contributed by atoms with Crippen LogP contribution in [0, 0.1) is 6.92 Å². The number of anilines is 1. The Morgan fingerprint density at radius 2 is 1.95 bits per heavy atom. The molecule has 0 radical (unpaired) electrons. The number of nitrogens with zero attached hydrogens (tertiary/aromatic N) is 2. The molecular weight excluding hydrogens is 242 g/mol. The molecule has 1 amide bonds. The molecule has 19 heavy (non-hydrogen) atoms. The van der Waals surface area contributed by atoms with Gasteiger partial charge in [-0.15, -0.1) is 0 Å². The lowest BCUT2D eigenvalue weighted by atomic mass is 10.1. The number of carbonyl (C=O) groups is 2. The fraction of sp³-hybridized carbons (Fsp3) is 0.214. The van der Waals surface area contributed by atoms with Crippen LogP contribution in [0.5, 0.6) is 0 Å². The normalized spacial score (nSPS) is 15.3. The highest BCUT2D eigenvalue weighted by molar-refractivity contribution is 6.14. The van der Waals surface area contributed by atoms with Crippen LogP contribution in [0.25, 0.3) is 11.3 Å². The van der Waals surface area contributed by atoms with Gasteiger partial charge in [-0.05, 0) is 12.5 Å². The van der Waals surface area contributed by atoms with Crippen molar-refractivity contribution in [1.82, 2.24) is 10.2 Å². The average molecular weight is 255 g/mol. The summed E-state index contributed by atoms with van der Waals surface area (Å²) in [5.41, 5.74) is 3.02. The minimum Gasteiger partial charge on any atom is -0.297 e. The third-order valence-electron chi connectivity index (χ3n) is 3.19. The number of hydrogen-bond donors (Lipinski definition) is 1. The molecule has 0 atom stereocenters. The van der Waals surface area contributed by atoms with Crippen molar-refractivity contribution in [1.29, 1.82) is 0 Å². The Kier molecular flexibility index (Phi) is 2.67. The van der Waals surface area contributed by atoms with Crippen LogP contribution in [0.2, 0.25) is 0 Å². The summed E-state index contributed by atoms with van der Waals surface area (Å²) in [7, 11) is 0. The molecule has 1 fully saturated rings. The third-order valence-corrected chi connectivity index (χ3v) is 3.19. The SMILES string of the molecule is Cc1ccc(-c2cc(N3CC(=O)CC3=O)n[nH]2)cc1. The second kappa shape index (κ2) is 4.35. The van der Waals surface area contributed by atoms with Crippen LogP contribution < -0.4 is 4.90 Å². The van der Waals surface area contributed by atoms with E-state index in [0.717, 1.165) is 11.3 Å². The summed E-state index contributed by atoms with van der Waals surface area (Å²) in [6, 6.07) is 9.80. The summed E-state index contributed by atoms with van der Waals surface area (Å²) in [4.78, 5) is 24.3. The van der Waals surface area contributed by atoms with Gasteiger partial charge in [0.05, 0.1) is 18.7 Å². The quantitative estimate of drug-likeness (QED) is 0.830. The van der Waals surface area contributed by atoms with E-state index in [1.807, 2.05) is 31.2 Å². The Balaban J connectivity index is 1.89. The largest absolute Gasteiger partial charge is 0.297 e. The van der Waals surface area contributed by atoms with Gasteiger partial charge in [-0.25, -0.2) is 0 Å². The van der Waals surface area contributed by atoms with Crippen LogP contribution >= 0.6 is 0 Å². The Hall–Kier alpha value is -2.43. The van der Waals surface area contributed by atoms with Crippen LogP contribution in [-0.2, 0) is 9.59 Å². The molecule has 0 spiro atoms. The molecular formula is C14H13N3O2. The fourth-order valence-electron chi connectivity index (χ4n) is 2.12. The molecule has 0 aliphatic carbocycles. The summed E-state index contributed by atoms with van der Waals surface area (Å²) in [5.74, 6) is 0.253. The van der Waals surface area contributed by atoms with Gasteiger partial charge in [-0.1, -0.05) is 29.8 Å². The van der Waals surface area contributed by atoms with E-state index < -0.39 is 0 Å². The number of aromatic nitrogens is 2. The zero-order chi connectivity index (χ0) is 13.4. The number of aryl methyl sites for hydroxylation is 1. The number of benzene rings is 1. The lowest BCUT2D eigenvalue weighted by Gasteiger charge is -2.09. The standard InChI is InChI=1S/C14H13N3O2/c1-9-2-4-10(5-3-9)12-7-13(16-15-12)17-8-11(18)6-14(17)19/h2-5,7H,6,8H2,1H3,(H,15,16). The van der Waals surface area contributed by atoms with E-state index in [2.05, 4.69) is 10.2 Å². The number of H-pyrrole nitrogens is 1. The molecule has 2 heterocycles. The summed E-state index contributed by atoms with van der Waals surface area (Å²) in [5, 5.41) is 7.01. The van der Waals surface area contributed by atoms with E-state index in [4.69, 9.17) is 0 Å². The van der Waals surface area contributed by atoms with Gasteiger partial charge in [0.15, 0.2) is 11.6 Å². The lowest BCUT2D eigenvalue weighted by Crippen LogP contribution is -2.24. The number of hydrogen-bond acceptors (Lipinski definition) is 3. The summed E-state index contributed by atoms with van der Waals surface area (Å²) in [6.07, 6.45) is -0.0211. The Bertz CT molecular complexity index is 643. The maximum atomic E-state index is 11.6. The van der Waals surface area contributed by atoms with Crippen LogP contribution in [0.1, 0.15) is 12.0 Å². The molecule has 2 aromatic rings. The number of amides is 1. The Labute approximate surface area is 110 Å². The maximum absolute atomic E-state index is 11.6. The molecule has 3 rings (SSSR count). The zero-order valence-electron chi connectivity index (χ0n) is 10.5. The number of Topliss-reactive ketones (excluding diaryl/α,β-unsaturated/α-hetero) is 1. The van der Waals surface area contributed by atoms with Crippen molar-refractivity contribution in [3.63, 3.8) is 0 Å². The Morgan fingerprint density at radius 3 is 2.58 bits per heavy atom. The van der Waals surface area contributed by atoms with E-state index in [-0.39, 0.29) is 24.7 Å². The van der Waals surface area contributed by atoms with Crippen LogP contribution in [0.15, 0.2) is 30.3 Å². The first kappa shape index (κ1) is 11.6. The molecule has 96 valence electrons. The average Bonchev–Trinajstić information content (AvgIpc) is 2.97. The second-order valence-corrected chi connectivity index (χ2v) is 4.70. The van der Waals surface area contributed by atoms with E-state index in [9.17, 15) is 9.59 Å². The maximum Gasteiger partial charge on any atom is 0.236 e. The van der Waals surface area contributed by atoms with Crippen molar-refractivity contribution in [2.75, 3.05) is 11.4 Å². The van der Waals surface area contributed by atoms with Crippen LogP contribution in [-0.4, -0.2) is 28.4 Å². The van der Waals surface area contributed by atoms with E-state index in [1.54, 1.807) is 6.07 Å². The van der Waals surface area contributed by atoms with Gasteiger partial charge in [0.1, 0.15) is 0 Å². The van der Waals surface area contributed by atoms with Crippen molar-refractivity contribution >= 4 is 17.5 Å². The van der Waals surface area contributed by atoms with E-state index in [0.29, 0.717) is 5.82 Å². The molecule has 1 aromatic carbocycles. The predicted octanol–water partition coefficient (Wildman–Crippen LogP) is 1.69. The first-order valence-electron chi connectivity index (χ1n) is 6.08. The number of aromatic amines is 1. The molecule has 1 aromatic heterocycles. The molecule has 0 unspecified atom stereocenters. The van der Waals surface area contributed by atoms with Gasteiger partial charge >= 0.3 is 0 Å². The highest BCUT2D eigenvalue weighted by atomic mass is 16.2. The number of ketones is 1. The van der Waals surface area contributed by atoms with Crippen molar-refractivity contribution < 1.29 is 9.59 Å². The highest BCUT2D eigenvalue weighted by Gasteiger charge is 2.30. The molecule has 0 bridgehead atoms. The lowest BCUT2D eigenvalue weighted by molar-refractivity contribution is -0.121. The molecule has 0 saturated carbocycles. The van der Waals surface area contributed by atoms with Gasteiger partial charge in [-0.3, -0.25) is 19.6 Å². The predicted molar refractivity (Wildman–Crippen MR) is 70.7 cm³/mol. The molecule has 1 aliphatic rings. The van der Waals surface area contributed by atoms with Gasteiger partial charge in [0, 0.05) is 6.07 Å². The number of carbonyl (C=O) groups excluding carboxylic acids is 2. The van der Waals surface area contributed by atoms with Crippen LogP contribution in [0.4, 0.5) is 5.82 Å². The summed E-state index contributed by atoms with van der Waals surface area (Å²) in [6.45, 7) is 2.15. The molecule has 1 saturated heterocycles. The van der Waals surface area contributed by atoms with E-state index >= 15 is 0 Å². The van der Waals surface area contributed by atoms with Gasteiger partial charge in [-0.2, -0.15) is 5.10 Å². The highest BCUT2D eigenvalue weighted by Crippen LogP contribution is 2.24. The molecule has 1 aliphatic heterocycles. The van der Waals surface area contributed by atoms with Gasteiger partial charge in [0.25, 0.3) is 0 Å². The van der Waals surface area contributed by atoms with Crippen molar-refractivity contribution in [2.45, 2.75) is 13.3 Å². The summed E-state index contributed by atoms with van der Waals surface area (Å²) >= 11 is 0. The monoisotopic (exact) mass is 255 g/mol. The smallest absolute Gasteiger partial charge is 0.236 e. The molecule has 1 N–H and O–H groups in total. The zero-order valence-corrected chi connectivity index (χ0v) is 10.5. The number of nitrogens with one attached hydrogen (secondary N) is 1. The molecule has 5 nitrogen and oxygen atoms in total. The second-order valence-electron chi connectivity index (χ2n) is 4.70. The van der Waals surface area contributed by atoms with Crippen molar-refractivity contribution in [2.24, 2.45) is 0 Å². The topological polar surface area (TPSA) is 66.1 Å². The third kappa shape index (κ3) is 2.14. The van der Waals surface area contributed by atoms with Crippen molar-refractivity contribution in [3.05, 3.63) is 35.9 Å². The van der Waals surface area contributed by atoms with Gasteiger partial charge in [0.2, 0.25) is 5.91 Å². The minimum absolute atomic E-state index is 0.0211. The molecule has 5 heteroatoms.